The monoisotopic (exact) mass is 290 g/mol. The van der Waals surface area contributed by atoms with Crippen LogP contribution >= 0.6 is 27.5 Å². The standard InChI is InChI=1S/C9H8BrClN2O2/c10-6-3-12-8(11)2-7(6)13-4-5(14)1-9(13)15/h2-3,5,14H,1,4H2. The lowest BCUT2D eigenvalue weighted by atomic mass is 10.3. The van der Waals surface area contributed by atoms with Gasteiger partial charge in [-0.2, -0.15) is 0 Å². The van der Waals surface area contributed by atoms with Crippen LogP contribution in [0.4, 0.5) is 5.69 Å². The van der Waals surface area contributed by atoms with Crippen LogP contribution in [0.2, 0.25) is 5.15 Å². The molecule has 0 saturated carbocycles. The Kier molecular flexibility index (Phi) is 2.95. The van der Waals surface area contributed by atoms with Gasteiger partial charge in [0.05, 0.1) is 29.2 Å². The second kappa shape index (κ2) is 4.08. The lowest BCUT2D eigenvalue weighted by Crippen LogP contribution is -2.25. The van der Waals surface area contributed by atoms with Crippen molar-refractivity contribution in [2.24, 2.45) is 0 Å². The molecule has 0 radical (unpaired) electrons. The summed E-state index contributed by atoms with van der Waals surface area (Å²) >= 11 is 9.04. The lowest BCUT2D eigenvalue weighted by molar-refractivity contribution is -0.117. The first-order chi connectivity index (χ1) is 7.08. The maximum atomic E-state index is 11.5. The zero-order valence-electron chi connectivity index (χ0n) is 7.65. The molecule has 1 aromatic rings. The zero-order valence-corrected chi connectivity index (χ0v) is 9.99. The number of carbonyl (C=O) groups excluding carboxylic acids is 1. The first-order valence-corrected chi connectivity index (χ1v) is 5.54. The van der Waals surface area contributed by atoms with Crippen molar-refractivity contribution < 1.29 is 9.90 Å². The number of aliphatic hydroxyl groups is 1. The highest BCUT2D eigenvalue weighted by Gasteiger charge is 2.30. The van der Waals surface area contributed by atoms with Crippen molar-refractivity contribution in [2.45, 2.75) is 12.5 Å². The van der Waals surface area contributed by atoms with E-state index < -0.39 is 6.10 Å². The number of rotatable bonds is 1. The normalized spacial score (nSPS) is 21.1. The van der Waals surface area contributed by atoms with Crippen molar-refractivity contribution in [3.8, 4) is 0 Å². The summed E-state index contributed by atoms with van der Waals surface area (Å²) in [6, 6.07) is 1.60. The van der Waals surface area contributed by atoms with Crippen molar-refractivity contribution in [1.82, 2.24) is 4.98 Å². The van der Waals surface area contributed by atoms with Gasteiger partial charge in [0, 0.05) is 12.3 Å². The summed E-state index contributed by atoms with van der Waals surface area (Å²) in [5.74, 6) is -0.106. The van der Waals surface area contributed by atoms with E-state index in [1.165, 1.54) is 11.1 Å². The van der Waals surface area contributed by atoms with Crippen molar-refractivity contribution >= 4 is 39.1 Å². The minimum atomic E-state index is -0.601. The summed E-state index contributed by atoms with van der Waals surface area (Å²) in [7, 11) is 0. The van der Waals surface area contributed by atoms with Gasteiger partial charge in [0.15, 0.2) is 0 Å². The van der Waals surface area contributed by atoms with E-state index in [0.29, 0.717) is 21.9 Å². The van der Waals surface area contributed by atoms with Crippen LogP contribution in [0.25, 0.3) is 0 Å². The highest BCUT2D eigenvalue weighted by molar-refractivity contribution is 9.10. The average Bonchev–Trinajstić information content (AvgIpc) is 2.50. The molecule has 1 saturated heterocycles. The molecule has 1 unspecified atom stereocenters. The Balaban J connectivity index is 2.37. The number of aliphatic hydroxyl groups excluding tert-OH is 1. The van der Waals surface area contributed by atoms with Gasteiger partial charge in [-0.05, 0) is 15.9 Å². The number of carbonyl (C=O) groups is 1. The summed E-state index contributed by atoms with van der Waals surface area (Å²) in [5, 5.41) is 9.69. The quantitative estimate of drug-likeness (QED) is 0.800. The molecule has 15 heavy (non-hydrogen) atoms. The van der Waals surface area contributed by atoms with Crippen molar-refractivity contribution in [1.29, 1.82) is 0 Å². The third kappa shape index (κ3) is 2.14. The highest BCUT2D eigenvalue weighted by Crippen LogP contribution is 2.30. The number of aromatic nitrogens is 1. The fourth-order valence-electron chi connectivity index (χ4n) is 1.53. The third-order valence-corrected chi connectivity index (χ3v) is 3.01. The summed E-state index contributed by atoms with van der Waals surface area (Å²) in [6.45, 7) is 0.303. The Morgan fingerprint density at radius 1 is 1.67 bits per heavy atom. The van der Waals surface area contributed by atoms with Gasteiger partial charge in [-0.25, -0.2) is 4.98 Å². The largest absolute Gasteiger partial charge is 0.391 e. The van der Waals surface area contributed by atoms with Gasteiger partial charge in [0.1, 0.15) is 5.15 Å². The number of amides is 1. The van der Waals surface area contributed by atoms with Gasteiger partial charge in [0.2, 0.25) is 5.91 Å². The maximum Gasteiger partial charge on any atom is 0.229 e. The van der Waals surface area contributed by atoms with Gasteiger partial charge in [-0.15, -0.1) is 0 Å². The van der Waals surface area contributed by atoms with Crippen LogP contribution in [-0.2, 0) is 4.79 Å². The third-order valence-electron chi connectivity index (χ3n) is 2.20. The molecule has 1 aliphatic rings. The molecule has 1 N–H and O–H groups in total. The Morgan fingerprint density at radius 2 is 2.40 bits per heavy atom. The van der Waals surface area contributed by atoms with Crippen molar-refractivity contribution in [3.63, 3.8) is 0 Å². The predicted octanol–water partition coefficient (Wildman–Crippen LogP) is 1.60. The topological polar surface area (TPSA) is 53.4 Å². The predicted molar refractivity (Wildman–Crippen MR) is 59.9 cm³/mol. The van der Waals surface area contributed by atoms with E-state index in [1.54, 1.807) is 6.07 Å². The summed E-state index contributed by atoms with van der Waals surface area (Å²) in [5.41, 5.74) is 0.650. The minimum Gasteiger partial charge on any atom is -0.391 e. The van der Waals surface area contributed by atoms with Crippen molar-refractivity contribution in [3.05, 3.63) is 21.9 Å². The molecule has 0 aromatic carbocycles. The van der Waals surface area contributed by atoms with Crippen molar-refractivity contribution in [2.75, 3.05) is 11.4 Å². The highest BCUT2D eigenvalue weighted by atomic mass is 79.9. The minimum absolute atomic E-state index is 0.106. The Hall–Kier alpha value is -0.650. The molecule has 2 rings (SSSR count). The SMILES string of the molecule is O=C1CC(O)CN1c1cc(Cl)ncc1Br. The Bertz CT molecular complexity index is 413. The molecular formula is C9H8BrClN2O2. The lowest BCUT2D eigenvalue weighted by Gasteiger charge is -2.17. The summed E-state index contributed by atoms with van der Waals surface area (Å²) in [4.78, 5) is 16.9. The molecule has 1 aromatic heterocycles. The first-order valence-electron chi connectivity index (χ1n) is 4.37. The van der Waals surface area contributed by atoms with Crippen LogP contribution in [0, 0.1) is 0 Å². The van der Waals surface area contributed by atoms with E-state index in [1.807, 2.05) is 0 Å². The van der Waals surface area contributed by atoms with Crippen LogP contribution < -0.4 is 4.90 Å². The van der Waals surface area contributed by atoms with Gasteiger partial charge >= 0.3 is 0 Å². The fourth-order valence-corrected chi connectivity index (χ4v) is 2.11. The van der Waals surface area contributed by atoms with Gasteiger partial charge in [-0.1, -0.05) is 11.6 Å². The van der Waals surface area contributed by atoms with E-state index in [4.69, 9.17) is 11.6 Å². The molecule has 80 valence electrons. The second-order valence-electron chi connectivity index (χ2n) is 3.32. The van der Waals surface area contributed by atoms with Crippen LogP contribution in [0.3, 0.4) is 0 Å². The van der Waals surface area contributed by atoms with Crippen LogP contribution in [0.5, 0.6) is 0 Å². The second-order valence-corrected chi connectivity index (χ2v) is 4.56. The molecule has 0 aliphatic carbocycles. The van der Waals surface area contributed by atoms with E-state index >= 15 is 0 Å². The number of anilines is 1. The van der Waals surface area contributed by atoms with Crippen LogP contribution in [0.15, 0.2) is 16.7 Å². The fraction of sp³-hybridized carbons (Fsp3) is 0.333. The average molecular weight is 292 g/mol. The smallest absolute Gasteiger partial charge is 0.229 e. The number of nitrogens with zero attached hydrogens (tertiary/aromatic N) is 2. The maximum absolute atomic E-state index is 11.5. The molecule has 2 heterocycles. The molecular weight excluding hydrogens is 283 g/mol. The molecule has 0 bridgehead atoms. The summed E-state index contributed by atoms with van der Waals surface area (Å²) in [6.07, 6.45) is 1.10. The first kappa shape index (κ1) is 10.9. The molecule has 0 spiro atoms. The van der Waals surface area contributed by atoms with Gasteiger partial charge in [0.25, 0.3) is 0 Å². The molecule has 1 atom stereocenters. The Morgan fingerprint density at radius 3 is 3.00 bits per heavy atom. The molecule has 1 amide bonds. The van der Waals surface area contributed by atoms with Crippen LogP contribution in [-0.4, -0.2) is 28.6 Å². The zero-order chi connectivity index (χ0) is 11.0. The molecule has 6 heteroatoms. The number of hydrogen-bond donors (Lipinski definition) is 1. The number of hydrogen-bond acceptors (Lipinski definition) is 3. The Labute approximate surface area is 100.0 Å². The number of β-amino-alcohol motifs (C(OH)–C–C–N with tert-alkyl or cyclic N) is 1. The van der Waals surface area contributed by atoms with Gasteiger partial charge in [-0.3, -0.25) is 4.79 Å². The number of halogens is 2. The van der Waals surface area contributed by atoms with E-state index in [2.05, 4.69) is 20.9 Å². The van der Waals surface area contributed by atoms with Gasteiger partial charge < -0.3 is 10.0 Å². The number of pyridine rings is 1. The molecule has 1 aliphatic heterocycles. The molecule has 4 nitrogen and oxygen atoms in total. The van der Waals surface area contributed by atoms with E-state index in [9.17, 15) is 9.90 Å². The summed E-state index contributed by atoms with van der Waals surface area (Å²) < 4.78 is 0.689. The van der Waals surface area contributed by atoms with E-state index in [0.717, 1.165) is 0 Å². The van der Waals surface area contributed by atoms with Crippen LogP contribution in [0.1, 0.15) is 6.42 Å². The van der Waals surface area contributed by atoms with E-state index in [-0.39, 0.29) is 12.3 Å². The molecule has 1 fully saturated rings.